The topological polar surface area (TPSA) is 84.9 Å². The molecule has 6 nitrogen and oxygen atoms in total. The Hall–Kier alpha value is -1.36. The fraction of sp³-hybridized carbons (Fsp3) is 0.538. The molecule has 0 aliphatic carbocycles. The van der Waals surface area contributed by atoms with Crippen molar-refractivity contribution in [3.63, 3.8) is 0 Å². The average Bonchev–Trinajstić information content (AvgIpc) is 2.45. The fourth-order valence-electron chi connectivity index (χ4n) is 2.12. The SMILES string of the molecule is O=S(=O)(NCC1(O)CCOCC1)c1ccccc1OC(F)(F)F. The van der Waals surface area contributed by atoms with Gasteiger partial charge in [-0.05, 0) is 12.1 Å². The lowest BCUT2D eigenvalue weighted by Gasteiger charge is -2.32. The molecule has 1 aliphatic heterocycles. The molecule has 10 heteroatoms. The van der Waals surface area contributed by atoms with Gasteiger partial charge in [-0.1, -0.05) is 12.1 Å². The summed E-state index contributed by atoms with van der Waals surface area (Å²) in [5.41, 5.74) is -1.29. The number of halogens is 3. The van der Waals surface area contributed by atoms with Crippen molar-refractivity contribution in [1.82, 2.24) is 4.72 Å². The quantitative estimate of drug-likeness (QED) is 0.834. The molecule has 23 heavy (non-hydrogen) atoms. The highest BCUT2D eigenvalue weighted by atomic mass is 32.2. The van der Waals surface area contributed by atoms with Crippen LogP contribution in [0.4, 0.5) is 13.2 Å². The highest BCUT2D eigenvalue weighted by Gasteiger charge is 2.35. The van der Waals surface area contributed by atoms with Crippen LogP contribution in [0, 0.1) is 0 Å². The number of para-hydroxylation sites is 1. The maximum atomic E-state index is 12.4. The van der Waals surface area contributed by atoms with Crippen LogP contribution in [0.5, 0.6) is 5.75 Å². The lowest BCUT2D eigenvalue weighted by atomic mass is 9.95. The van der Waals surface area contributed by atoms with E-state index < -0.39 is 32.6 Å². The fourth-order valence-corrected chi connectivity index (χ4v) is 3.36. The Morgan fingerprint density at radius 1 is 1.26 bits per heavy atom. The molecule has 1 saturated heterocycles. The van der Waals surface area contributed by atoms with Crippen LogP contribution in [0.25, 0.3) is 0 Å². The minimum atomic E-state index is -5.01. The molecule has 0 spiro atoms. The van der Waals surface area contributed by atoms with Gasteiger partial charge in [0, 0.05) is 32.6 Å². The molecule has 1 heterocycles. The molecule has 0 amide bonds. The van der Waals surface area contributed by atoms with Gasteiger partial charge < -0.3 is 14.6 Å². The molecule has 2 rings (SSSR count). The first kappa shape index (κ1) is 18.0. The number of benzene rings is 1. The highest BCUT2D eigenvalue weighted by molar-refractivity contribution is 7.89. The van der Waals surface area contributed by atoms with E-state index in [0.717, 1.165) is 12.1 Å². The van der Waals surface area contributed by atoms with Crippen LogP contribution in [-0.2, 0) is 14.8 Å². The van der Waals surface area contributed by atoms with Crippen molar-refractivity contribution in [2.75, 3.05) is 19.8 Å². The predicted octanol–water partition coefficient (Wildman–Crippen LogP) is 1.40. The zero-order valence-electron chi connectivity index (χ0n) is 12.0. The molecule has 1 fully saturated rings. The summed E-state index contributed by atoms with van der Waals surface area (Å²) in [7, 11) is -4.28. The van der Waals surface area contributed by atoms with Gasteiger partial charge in [-0.25, -0.2) is 13.1 Å². The monoisotopic (exact) mass is 355 g/mol. The Morgan fingerprint density at radius 2 is 1.87 bits per heavy atom. The molecule has 2 N–H and O–H groups in total. The zero-order chi connectivity index (χ0) is 17.1. The van der Waals surface area contributed by atoms with Crippen molar-refractivity contribution in [2.45, 2.75) is 29.7 Å². The molecule has 0 atom stereocenters. The van der Waals surface area contributed by atoms with Gasteiger partial charge in [-0.2, -0.15) is 0 Å². The van der Waals surface area contributed by atoms with Crippen molar-refractivity contribution < 1.29 is 36.2 Å². The Labute approximate surface area is 131 Å². The summed E-state index contributed by atoms with van der Waals surface area (Å²) >= 11 is 0. The summed E-state index contributed by atoms with van der Waals surface area (Å²) in [6, 6.07) is 4.41. The molecule has 1 aromatic carbocycles. The van der Waals surface area contributed by atoms with Gasteiger partial charge in [-0.15, -0.1) is 13.2 Å². The number of hydrogen-bond acceptors (Lipinski definition) is 5. The third-order valence-electron chi connectivity index (χ3n) is 3.38. The van der Waals surface area contributed by atoms with Crippen molar-refractivity contribution in [3.05, 3.63) is 24.3 Å². The van der Waals surface area contributed by atoms with E-state index in [9.17, 15) is 26.7 Å². The summed E-state index contributed by atoms with van der Waals surface area (Å²) < 4.78 is 72.5. The van der Waals surface area contributed by atoms with Crippen LogP contribution in [0.3, 0.4) is 0 Å². The molecular weight excluding hydrogens is 339 g/mol. The number of sulfonamides is 1. The second kappa shape index (κ2) is 6.63. The van der Waals surface area contributed by atoms with E-state index in [1.807, 2.05) is 0 Å². The molecule has 0 bridgehead atoms. The normalized spacial score (nSPS) is 18.6. The summed E-state index contributed by atoms with van der Waals surface area (Å²) in [5.74, 6) is -0.827. The Bertz CT molecular complexity index is 641. The summed E-state index contributed by atoms with van der Waals surface area (Å²) in [5, 5.41) is 10.2. The van der Waals surface area contributed by atoms with E-state index in [0.29, 0.717) is 0 Å². The van der Waals surface area contributed by atoms with Gasteiger partial charge >= 0.3 is 6.36 Å². The molecule has 0 unspecified atom stereocenters. The zero-order valence-corrected chi connectivity index (χ0v) is 12.8. The van der Waals surface area contributed by atoms with E-state index in [2.05, 4.69) is 9.46 Å². The molecule has 1 aliphatic rings. The molecule has 1 aromatic rings. The van der Waals surface area contributed by atoms with Crippen LogP contribution in [0.2, 0.25) is 0 Å². The van der Waals surface area contributed by atoms with Crippen LogP contribution in [0.15, 0.2) is 29.2 Å². The first-order valence-electron chi connectivity index (χ1n) is 6.76. The van der Waals surface area contributed by atoms with Gasteiger partial charge in [0.05, 0.1) is 5.60 Å². The van der Waals surface area contributed by atoms with E-state index in [-0.39, 0.29) is 32.6 Å². The Kier molecular flexibility index (Phi) is 5.19. The number of hydrogen-bond donors (Lipinski definition) is 2. The third-order valence-corrected chi connectivity index (χ3v) is 4.82. The Balaban J connectivity index is 2.16. The number of alkyl halides is 3. The van der Waals surface area contributed by atoms with E-state index in [4.69, 9.17) is 4.74 Å². The number of aliphatic hydroxyl groups is 1. The second-order valence-electron chi connectivity index (χ2n) is 5.16. The van der Waals surface area contributed by atoms with E-state index >= 15 is 0 Å². The predicted molar refractivity (Wildman–Crippen MR) is 73.3 cm³/mol. The van der Waals surface area contributed by atoms with Crippen LogP contribution < -0.4 is 9.46 Å². The number of ether oxygens (including phenoxy) is 2. The standard InChI is InChI=1S/C13H16F3NO5S/c14-13(15,16)22-10-3-1-2-4-11(10)23(19,20)17-9-12(18)5-7-21-8-6-12/h1-4,17-18H,5-9H2. The molecule has 130 valence electrons. The maximum absolute atomic E-state index is 12.4. The molecule has 0 aromatic heterocycles. The van der Waals surface area contributed by atoms with Crippen LogP contribution >= 0.6 is 0 Å². The van der Waals surface area contributed by atoms with E-state index in [1.165, 1.54) is 12.1 Å². The summed E-state index contributed by atoms with van der Waals surface area (Å²) in [4.78, 5) is -0.645. The lowest BCUT2D eigenvalue weighted by molar-refractivity contribution is -0.275. The van der Waals surface area contributed by atoms with Gasteiger partial charge in [0.25, 0.3) is 0 Å². The third kappa shape index (κ3) is 5.06. The maximum Gasteiger partial charge on any atom is 0.573 e. The van der Waals surface area contributed by atoms with Crippen molar-refractivity contribution in [3.8, 4) is 5.75 Å². The summed E-state index contributed by atoms with van der Waals surface area (Å²) in [6.45, 7) is 0.247. The minimum Gasteiger partial charge on any atom is -0.404 e. The molecule has 0 radical (unpaired) electrons. The van der Waals surface area contributed by atoms with Crippen LogP contribution in [0.1, 0.15) is 12.8 Å². The number of nitrogens with one attached hydrogen (secondary N) is 1. The van der Waals surface area contributed by atoms with Gasteiger partial charge in [0.1, 0.15) is 10.6 Å². The van der Waals surface area contributed by atoms with Crippen molar-refractivity contribution in [1.29, 1.82) is 0 Å². The van der Waals surface area contributed by atoms with Gasteiger partial charge in [-0.3, -0.25) is 0 Å². The molecular formula is C13H16F3NO5S. The smallest absolute Gasteiger partial charge is 0.404 e. The van der Waals surface area contributed by atoms with Crippen LogP contribution in [-0.4, -0.2) is 45.2 Å². The molecule has 0 saturated carbocycles. The summed E-state index contributed by atoms with van der Waals surface area (Å²) in [6.07, 6.45) is -4.54. The highest BCUT2D eigenvalue weighted by Crippen LogP contribution is 2.29. The minimum absolute atomic E-state index is 0.232. The van der Waals surface area contributed by atoms with E-state index in [1.54, 1.807) is 0 Å². The van der Waals surface area contributed by atoms with Gasteiger partial charge in [0.15, 0.2) is 0 Å². The van der Waals surface area contributed by atoms with Crippen molar-refractivity contribution >= 4 is 10.0 Å². The van der Waals surface area contributed by atoms with Gasteiger partial charge in [0.2, 0.25) is 10.0 Å². The Morgan fingerprint density at radius 3 is 2.48 bits per heavy atom. The average molecular weight is 355 g/mol. The van der Waals surface area contributed by atoms with Crippen molar-refractivity contribution in [2.24, 2.45) is 0 Å². The largest absolute Gasteiger partial charge is 0.573 e. The lowest BCUT2D eigenvalue weighted by Crippen LogP contribution is -2.46. The number of rotatable bonds is 5. The first-order chi connectivity index (χ1) is 10.6. The second-order valence-corrected chi connectivity index (χ2v) is 6.89. The first-order valence-corrected chi connectivity index (χ1v) is 8.24.